The van der Waals surface area contributed by atoms with Gasteiger partial charge in [0.1, 0.15) is 0 Å². The van der Waals surface area contributed by atoms with Crippen LogP contribution in [0.3, 0.4) is 0 Å². The molecule has 1 aromatic rings. The van der Waals surface area contributed by atoms with Crippen LogP contribution in [-0.2, 0) is 9.84 Å². The van der Waals surface area contributed by atoms with Crippen molar-refractivity contribution in [2.24, 2.45) is 0 Å². The average molecular weight is 356 g/mol. The van der Waals surface area contributed by atoms with Gasteiger partial charge in [0.2, 0.25) is 0 Å². The summed E-state index contributed by atoms with van der Waals surface area (Å²) in [7, 11) is -3.13. The SMILES string of the molecule is CS(=O)(=O)c1ccc(C2CNCC(NC[C@H]3CCCS3)N2)cc1. The molecule has 7 heteroatoms. The summed E-state index contributed by atoms with van der Waals surface area (Å²) in [5.74, 6) is 1.29. The van der Waals surface area contributed by atoms with E-state index in [2.05, 4.69) is 27.7 Å². The summed E-state index contributed by atoms with van der Waals surface area (Å²) in [6.45, 7) is 2.81. The summed E-state index contributed by atoms with van der Waals surface area (Å²) >= 11 is 2.06. The molecule has 2 fully saturated rings. The molecule has 3 rings (SSSR count). The van der Waals surface area contributed by atoms with Crippen LogP contribution in [0.15, 0.2) is 29.2 Å². The second-order valence-electron chi connectivity index (χ2n) is 6.31. The Kier molecular flexibility index (Phi) is 5.64. The van der Waals surface area contributed by atoms with Gasteiger partial charge < -0.3 is 5.32 Å². The van der Waals surface area contributed by atoms with Gasteiger partial charge in [-0.15, -0.1) is 0 Å². The lowest BCUT2D eigenvalue weighted by Gasteiger charge is -2.33. The van der Waals surface area contributed by atoms with Gasteiger partial charge in [-0.1, -0.05) is 12.1 Å². The molecular formula is C16H25N3O2S2. The molecule has 2 aliphatic rings. The van der Waals surface area contributed by atoms with Gasteiger partial charge in [-0.05, 0) is 36.3 Å². The minimum Gasteiger partial charge on any atom is -0.312 e. The predicted octanol–water partition coefficient (Wildman–Crippen LogP) is 1.14. The number of sulfone groups is 1. The molecule has 2 heterocycles. The van der Waals surface area contributed by atoms with Crippen LogP contribution in [0.4, 0.5) is 0 Å². The second kappa shape index (κ2) is 7.53. The summed E-state index contributed by atoms with van der Waals surface area (Å²) in [6, 6.07) is 7.40. The van der Waals surface area contributed by atoms with Crippen molar-refractivity contribution in [2.45, 2.75) is 35.2 Å². The third kappa shape index (κ3) is 4.70. The number of rotatable bonds is 5. The maximum absolute atomic E-state index is 11.5. The lowest BCUT2D eigenvalue weighted by molar-refractivity contribution is 0.301. The monoisotopic (exact) mass is 355 g/mol. The molecule has 0 radical (unpaired) electrons. The fourth-order valence-electron chi connectivity index (χ4n) is 3.10. The van der Waals surface area contributed by atoms with Crippen LogP contribution < -0.4 is 16.0 Å². The average Bonchev–Trinajstić information content (AvgIpc) is 3.06. The largest absolute Gasteiger partial charge is 0.312 e. The van der Waals surface area contributed by atoms with Crippen molar-refractivity contribution in [3.63, 3.8) is 0 Å². The maximum Gasteiger partial charge on any atom is 0.175 e. The number of hydrogen-bond acceptors (Lipinski definition) is 6. The Balaban J connectivity index is 1.57. The molecule has 2 aliphatic heterocycles. The standard InChI is InChI=1S/C16H25N3O2S2/c1-23(20,21)14-6-4-12(5-7-14)15-10-17-11-16(19-15)18-9-13-3-2-8-22-13/h4-7,13,15-19H,2-3,8-11H2,1H3/t13-,15?,16?/m1/s1. The molecule has 2 unspecified atom stereocenters. The van der Waals surface area contributed by atoms with Crippen LogP contribution in [-0.4, -0.2) is 51.5 Å². The van der Waals surface area contributed by atoms with Crippen molar-refractivity contribution in [3.8, 4) is 0 Å². The number of hydrogen-bond donors (Lipinski definition) is 3. The molecule has 1 aromatic carbocycles. The molecule has 3 N–H and O–H groups in total. The van der Waals surface area contributed by atoms with Crippen LogP contribution >= 0.6 is 11.8 Å². The first kappa shape index (κ1) is 17.2. The van der Waals surface area contributed by atoms with Crippen molar-refractivity contribution in [1.29, 1.82) is 0 Å². The van der Waals surface area contributed by atoms with Gasteiger partial charge in [-0.25, -0.2) is 8.42 Å². The minimum atomic E-state index is -3.13. The van der Waals surface area contributed by atoms with E-state index in [0.717, 1.165) is 30.4 Å². The van der Waals surface area contributed by atoms with Gasteiger partial charge in [0.25, 0.3) is 0 Å². The molecule has 3 atom stereocenters. The molecule has 0 spiro atoms. The highest BCUT2D eigenvalue weighted by Gasteiger charge is 2.23. The summed E-state index contributed by atoms with van der Waals surface area (Å²) in [5, 5.41) is 11.4. The maximum atomic E-state index is 11.5. The van der Waals surface area contributed by atoms with E-state index in [-0.39, 0.29) is 12.2 Å². The van der Waals surface area contributed by atoms with Gasteiger partial charge in [-0.2, -0.15) is 11.8 Å². The summed E-state index contributed by atoms with van der Waals surface area (Å²) in [6.07, 6.45) is 4.14. The van der Waals surface area contributed by atoms with Gasteiger partial charge >= 0.3 is 0 Å². The van der Waals surface area contributed by atoms with Gasteiger partial charge in [0, 0.05) is 37.2 Å². The van der Waals surface area contributed by atoms with Crippen molar-refractivity contribution < 1.29 is 8.42 Å². The zero-order valence-electron chi connectivity index (χ0n) is 13.4. The Hall–Kier alpha value is -0.600. The molecule has 2 saturated heterocycles. The normalized spacial score (nSPS) is 28.8. The topological polar surface area (TPSA) is 70.2 Å². The van der Waals surface area contributed by atoms with Gasteiger partial charge in [0.05, 0.1) is 11.1 Å². The Morgan fingerprint density at radius 2 is 2.04 bits per heavy atom. The zero-order valence-corrected chi connectivity index (χ0v) is 15.1. The molecular weight excluding hydrogens is 330 g/mol. The van der Waals surface area contributed by atoms with E-state index in [4.69, 9.17) is 0 Å². The highest BCUT2D eigenvalue weighted by atomic mass is 32.2. The molecule has 0 amide bonds. The van der Waals surface area contributed by atoms with Crippen LogP contribution in [0.1, 0.15) is 24.4 Å². The van der Waals surface area contributed by atoms with Crippen molar-refractivity contribution >= 4 is 21.6 Å². The van der Waals surface area contributed by atoms with E-state index >= 15 is 0 Å². The van der Waals surface area contributed by atoms with Crippen molar-refractivity contribution in [3.05, 3.63) is 29.8 Å². The van der Waals surface area contributed by atoms with Crippen LogP contribution in [0.2, 0.25) is 0 Å². The molecule has 23 heavy (non-hydrogen) atoms. The van der Waals surface area contributed by atoms with E-state index in [1.807, 2.05) is 12.1 Å². The number of nitrogens with one attached hydrogen (secondary N) is 3. The highest BCUT2D eigenvalue weighted by Crippen LogP contribution is 2.25. The van der Waals surface area contributed by atoms with E-state index in [0.29, 0.717) is 4.90 Å². The fraction of sp³-hybridized carbons (Fsp3) is 0.625. The third-order valence-corrected chi connectivity index (χ3v) is 6.95. The summed E-state index contributed by atoms with van der Waals surface area (Å²) < 4.78 is 23.1. The zero-order chi connectivity index (χ0) is 16.3. The Morgan fingerprint density at radius 3 is 2.70 bits per heavy atom. The molecule has 0 bridgehead atoms. The third-order valence-electron chi connectivity index (χ3n) is 4.43. The molecule has 0 aliphatic carbocycles. The van der Waals surface area contributed by atoms with Crippen molar-refractivity contribution in [1.82, 2.24) is 16.0 Å². The van der Waals surface area contributed by atoms with Crippen LogP contribution in [0.5, 0.6) is 0 Å². The minimum absolute atomic E-state index is 0.200. The van der Waals surface area contributed by atoms with E-state index in [1.54, 1.807) is 12.1 Å². The predicted molar refractivity (Wildman–Crippen MR) is 95.6 cm³/mol. The Bertz CT molecular complexity index is 613. The fourth-order valence-corrected chi connectivity index (χ4v) is 4.95. The van der Waals surface area contributed by atoms with Crippen LogP contribution in [0, 0.1) is 0 Å². The van der Waals surface area contributed by atoms with Gasteiger partial charge in [-0.3, -0.25) is 10.6 Å². The molecule has 0 aromatic heterocycles. The van der Waals surface area contributed by atoms with Crippen molar-refractivity contribution in [2.75, 3.05) is 31.6 Å². The van der Waals surface area contributed by atoms with E-state index < -0.39 is 9.84 Å². The first-order valence-electron chi connectivity index (χ1n) is 8.14. The number of piperazine rings is 1. The first-order chi connectivity index (χ1) is 11.0. The first-order valence-corrected chi connectivity index (χ1v) is 11.1. The number of benzene rings is 1. The summed E-state index contributed by atoms with van der Waals surface area (Å²) in [5.41, 5.74) is 1.12. The second-order valence-corrected chi connectivity index (χ2v) is 9.74. The van der Waals surface area contributed by atoms with Gasteiger partial charge in [0.15, 0.2) is 9.84 Å². The number of thioether (sulfide) groups is 1. The van der Waals surface area contributed by atoms with E-state index in [1.165, 1.54) is 24.9 Å². The Labute approximate surface area is 142 Å². The highest BCUT2D eigenvalue weighted by molar-refractivity contribution is 8.00. The molecule has 0 saturated carbocycles. The Morgan fingerprint density at radius 1 is 1.26 bits per heavy atom. The summed E-state index contributed by atoms with van der Waals surface area (Å²) in [4.78, 5) is 0.373. The quantitative estimate of drug-likeness (QED) is 0.736. The molecule has 5 nitrogen and oxygen atoms in total. The lowest BCUT2D eigenvalue weighted by atomic mass is 10.0. The molecule has 128 valence electrons. The van der Waals surface area contributed by atoms with E-state index in [9.17, 15) is 8.42 Å². The smallest absolute Gasteiger partial charge is 0.175 e. The van der Waals surface area contributed by atoms with Crippen LogP contribution in [0.25, 0.3) is 0 Å². The lowest BCUT2D eigenvalue weighted by Crippen LogP contribution is -2.57.